The Morgan fingerprint density at radius 1 is 1.19 bits per heavy atom. The van der Waals surface area contributed by atoms with E-state index in [9.17, 15) is 14.4 Å². The van der Waals surface area contributed by atoms with Crippen LogP contribution in [-0.2, 0) is 16.1 Å². The number of nitrogens with zero attached hydrogens (tertiary/aromatic N) is 1. The summed E-state index contributed by atoms with van der Waals surface area (Å²) in [5.41, 5.74) is 0.572. The minimum Gasteiger partial charge on any atom is -0.486 e. The number of imide groups is 1. The van der Waals surface area contributed by atoms with Crippen LogP contribution in [-0.4, -0.2) is 35.5 Å². The molecule has 1 fully saturated rings. The molecule has 0 bridgehead atoms. The topological polar surface area (TPSA) is 98.1 Å². The third kappa shape index (κ3) is 5.59. The zero-order chi connectivity index (χ0) is 22.9. The molecular formula is C21H20I2N2O6. The molecule has 1 N–H and O–H groups in total. The van der Waals surface area contributed by atoms with Crippen LogP contribution in [0.25, 0.3) is 6.08 Å². The lowest BCUT2D eigenvalue weighted by Gasteiger charge is -2.23. The van der Waals surface area contributed by atoms with E-state index in [4.69, 9.17) is 9.15 Å². The molecule has 2 heterocycles. The second-order valence-corrected chi connectivity index (χ2v) is 9.99. The molecule has 2 aromatic rings. The predicted octanol–water partition coefficient (Wildman–Crippen LogP) is 4.55. The molecule has 8 nitrogen and oxygen atoms in total. The van der Waals surface area contributed by atoms with Gasteiger partial charge in [-0.1, -0.05) is 0 Å². The Labute approximate surface area is 206 Å². The van der Waals surface area contributed by atoms with E-state index in [1.54, 1.807) is 6.08 Å². The molecule has 0 unspecified atom stereocenters. The number of benzene rings is 1. The van der Waals surface area contributed by atoms with Gasteiger partial charge in [0.1, 0.15) is 22.8 Å². The SMILES string of the molecule is COC(=O)c1ccc(CN2C(=O)N/C(=C\c3cc(I)c(OC(C)(C)C)c(I)c3)C2=O)o1. The lowest BCUT2D eigenvalue weighted by molar-refractivity contribution is -0.123. The molecule has 0 aliphatic carbocycles. The van der Waals surface area contributed by atoms with E-state index in [2.05, 4.69) is 55.2 Å². The average molecular weight is 650 g/mol. The summed E-state index contributed by atoms with van der Waals surface area (Å²) in [7, 11) is 1.24. The third-order valence-electron chi connectivity index (χ3n) is 4.06. The maximum absolute atomic E-state index is 12.8. The molecule has 31 heavy (non-hydrogen) atoms. The summed E-state index contributed by atoms with van der Waals surface area (Å²) in [6, 6.07) is 6.15. The minimum atomic E-state index is -0.632. The summed E-state index contributed by atoms with van der Waals surface area (Å²) >= 11 is 4.37. The van der Waals surface area contributed by atoms with Crippen molar-refractivity contribution in [2.24, 2.45) is 0 Å². The Morgan fingerprint density at radius 3 is 2.42 bits per heavy atom. The first-order valence-corrected chi connectivity index (χ1v) is 11.3. The van der Waals surface area contributed by atoms with Crippen molar-refractivity contribution in [3.05, 3.63) is 54.2 Å². The molecule has 1 aliphatic rings. The highest BCUT2D eigenvalue weighted by Gasteiger charge is 2.34. The molecule has 1 aromatic carbocycles. The summed E-state index contributed by atoms with van der Waals surface area (Å²) in [4.78, 5) is 37.6. The van der Waals surface area contributed by atoms with Gasteiger partial charge < -0.3 is 19.2 Å². The monoisotopic (exact) mass is 650 g/mol. The van der Waals surface area contributed by atoms with Crippen molar-refractivity contribution in [1.29, 1.82) is 0 Å². The number of methoxy groups -OCH3 is 1. The van der Waals surface area contributed by atoms with Gasteiger partial charge in [-0.25, -0.2) is 9.59 Å². The molecule has 0 spiro atoms. The van der Waals surface area contributed by atoms with E-state index in [1.807, 2.05) is 32.9 Å². The van der Waals surface area contributed by atoms with Crippen LogP contribution in [0.5, 0.6) is 5.75 Å². The van der Waals surface area contributed by atoms with Crippen LogP contribution in [0.1, 0.15) is 42.6 Å². The van der Waals surface area contributed by atoms with E-state index >= 15 is 0 Å². The zero-order valence-electron chi connectivity index (χ0n) is 17.2. The fraction of sp³-hybridized carbons (Fsp3) is 0.286. The zero-order valence-corrected chi connectivity index (χ0v) is 21.6. The smallest absolute Gasteiger partial charge is 0.373 e. The number of ether oxygens (including phenoxy) is 2. The van der Waals surface area contributed by atoms with E-state index < -0.39 is 17.9 Å². The number of amides is 3. The third-order valence-corrected chi connectivity index (χ3v) is 5.67. The number of hydrogen-bond acceptors (Lipinski definition) is 6. The molecule has 3 rings (SSSR count). The molecule has 0 radical (unpaired) electrons. The Balaban J connectivity index is 1.80. The minimum absolute atomic E-state index is 0.00188. The van der Waals surface area contributed by atoms with Gasteiger partial charge in [0.05, 0.1) is 20.8 Å². The number of carbonyl (C=O) groups is 3. The van der Waals surface area contributed by atoms with E-state index in [0.29, 0.717) is 0 Å². The number of hydrogen-bond donors (Lipinski definition) is 1. The Hall–Kier alpha value is -2.09. The van der Waals surface area contributed by atoms with Crippen molar-refractivity contribution < 1.29 is 28.3 Å². The summed E-state index contributed by atoms with van der Waals surface area (Å²) in [5, 5.41) is 2.58. The van der Waals surface area contributed by atoms with Crippen LogP contribution in [0.15, 0.2) is 34.4 Å². The summed E-state index contributed by atoms with van der Waals surface area (Å²) in [5.74, 6) is -0.0494. The van der Waals surface area contributed by atoms with Crippen LogP contribution >= 0.6 is 45.2 Å². The van der Waals surface area contributed by atoms with Crippen molar-refractivity contribution in [1.82, 2.24) is 10.2 Å². The van der Waals surface area contributed by atoms with Gasteiger partial charge in [-0.3, -0.25) is 9.69 Å². The summed E-state index contributed by atoms with van der Waals surface area (Å²) in [6.07, 6.45) is 1.62. The van der Waals surface area contributed by atoms with Crippen LogP contribution in [0.3, 0.4) is 0 Å². The number of rotatable bonds is 5. The number of furan rings is 1. The van der Waals surface area contributed by atoms with E-state index in [1.165, 1.54) is 19.2 Å². The largest absolute Gasteiger partial charge is 0.486 e. The van der Waals surface area contributed by atoms with E-state index in [-0.39, 0.29) is 29.4 Å². The highest BCUT2D eigenvalue weighted by molar-refractivity contribution is 14.1. The number of halogens is 2. The molecule has 164 valence electrons. The number of urea groups is 1. The van der Waals surface area contributed by atoms with Crippen molar-refractivity contribution in [3.8, 4) is 5.75 Å². The maximum Gasteiger partial charge on any atom is 0.373 e. The van der Waals surface area contributed by atoms with Crippen molar-refractivity contribution in [3.63, 3.8) is 0 Å². The Bertz CT molecular complexity index is 1060. The first kappa shape index (κ1) is 23.6. The quantitative estimate of drug-likeness (QED) is 0.221. The first-order valence-electron chi connectivity index (χ1n) is 9.18. The summed E-state index contributed by atoms with van der Waals surface area (Å²) in [6.45, 7) is 5.82. The molecule has 1 aliphatic heterocycles. The van der Waals surface area contributed by atoms with Crippen LogP contribution in [0.2, 0.25) is 0 Å². The molecule has 1 saturated heterocycles. The van der Waals surface area contributed by atoms with E-state index in [0.717, 1.165) is 23.4 Å². The fourth-order valence-electron chi connectivity index (χ4n) is 2.78. The van der Waals surface area contributed by atoms with Gasteiger partial charge in [0.25, 0.3) is 5.91 Å². The van der Waals surface area contributed by atoms with Crippen LogP contribution < -0.4 is 10.1 Å². The Kier molecular flexibility index (Phi) is 6.98. The summed E-state index contributed by atoms with van der Waals surface area (Å²) < 4.78 is 17.7. The predicted molar refractivity (Wildman–Crippen MR) is 129 cm³/mol. The van der Waals surface area contributed by atoms with Gasteiger partial charge in [0.15, 0.2) is 0 Å². The van der Waals surface area contributed by atoms with Crippen molar-refractivity contribution in [2.45, 2.75) is 32.9 Å². The standard InChI is InChI=1S/C21H20I2N2O6/c1-21(2,3)31-17-13(22)7-11(8-14(17)23)9-15-18(26)25(20(28)24-15)10-12-5-6-16(30-12)19(27)29-4/h5-9H,10H2,1-4H3,(H,24,28)/b15-9-. The maximum atomic E-state index is 12.8. The first-order chi connectivity index (χ1) is 14.5. The molecule has 0 atom stereocenters. The average Bonchev–Trinajstić information content (AvgIpc) is 3.24. The van der Waals surface area contributed by atoms with Gasteiger partial charge in [-0.2, -0.15) is 0 Å². The number of nitrogens with one attached hydrogen (secondary N) is 1. The van der Waals surface area contributed by atoms with Gasteiger partial charge in [-0.15, -0.1) is 0 Å². The number of esters is 1. The number of carbonyl (C=O) groups excluding carboxylic acids is 3. The molecule has 3 amide bonds. The normalized spacial score (nSPS) is 15.4. The van der Waals surface area contributed by atoms with Gasteiger partial charge in [0.2, 0.25) is 5.76 Å². The van der Waals surface area contributed by atoms with Gasteiger partial charge in [0, 0.05) is 0 Å². The lowest BCUT2D eigenvalue weighted by atomic mass is 10.1. The van der Waals surface area contributed by atoms with Crippen LogP contribution in [0, 0.1) is 7.14 Å². The molecule has 1 aromatic heterocycles. The highest BCUT2D eigenvalue weighted by Crippen LogP contribution is 2.32. The second kappa shape index (κ2) is 9.18. The fourth-order valence-corrected chi connectivity index (χ4v) is 4.81. The lowest BCUT2D eigenvalue weighted by Crippen LogP contribution is -2.30. The van der Waals surface area contributed by atoms with Gasteiger partial charge >= 0.3 is 12.0 Å². The van der Waals surface area contributed by atoms with Gasteiger partial charge in [-0.05, 0) is 102 Å². The van der Waals surface area contributed by atoms with Crippen LogP contribution in [0.4, 0.5) is 4.79 Å². The van der Waals surface area contributed by atoms with Crippen molar-refractivity contribution >= 4 is 69.2 Å². The van der Waals surface area contributed by atoms with Crippen molar-refractivity contribution in [2.75, 3.05) is 7.11 Å². The Morgan fingerprint density at radius 2 is 1.84 bits per heavy atom. The second-order valence-electron chi connectivity index (χ2n) is 7.67. The molecule has 0 saturated carbocycles. The molecule has 10 heteroatoms. The molecular weight excluding hydrogens is 630 g/mol. The highest BCUT2D eigenvalue weighted by atomic mass is 127.